The van der Waals surface area contributed by atoms with Gasteiger partial charge in [0.15, 0.2) is 21.3 Å². The third-order valence-electron chi connectivity index (χ3n) is 4.69. The molecule has 1 saturated carbocycles. The summed E-state index contributed by atoms with van der Waals surface area (Å²) < 4.78 is 23.1. The second kappa shape index (κ2) is 6.43. The van der Waals surface area contributed by atoms with Gasteiger partial charge in [-0.1, -0.05) is 12.8 Å². The van der Waals surface area contributed by atoms with Gasteiger partial charge in [0.05, 0.1) is 11.5 Å². The van der Waals surface area contributed by atoms with E-state index in [1.165, 1.54) is 0 Å². The standard InChI is InChI=1S/C15H22N4O3S/c1-19(12-8-9-23(21,22)10-12)14-7-6-13(17-18-14)15(20)16-11-4-2-3-5-11/h6-7,11-12H,2-5,8-10H2,1H3,(H,16,20). The van der Waals surface area contributed by atoms with Crippen molar-refractivity contribution >= 4 is 21.6 Å². The normalized spacial score (nSPS) is 23.8. The number of nitrogens with zero attached hydrogens (tertiary/aromatic N) is 3. The second-order valence-corrected chi connectivity index (χ2v) is 8.63. The molecule has 2 heterocycles. The number of aromatic nitrogens is 2. The summed E-state index contributed by atoms with van der Waals surface area (Å²) in [6.45, 7) is 0. The van der Waals surface area contributed by atoms with Crippen LogP contribution in [-0.4, -0.2) is 55.2 Å². The Balaban J connectivity index is 1.63. The van der Waals surface area contributed by atoms with Crippen molar-refractivity contribution in [3.05, 3.63) is 17.8 Å². The van der Waals surface area contributed by atoms with Gasteiger partial charge in [0.2, 0.25) is 0 Å². The first-order valence-corrected chi connectivity index (χ1v) is 9.84. The lowest BCUT2D eigenvalue weighted by Crippen LogP contribution is -2.35. The highest BCUT2D eigenvalue weighted by molar-refractivity contribution is 7.91. The molecule has 0 bridgehead atoms. The van der Waals surface area contributed by atoms with E-state index in [2.05, 4.69) is 15.5 Å². The average molecular weight is 338 g/mol. The Labute approximate surface area is 136 Å². The van der Waals surface area contributed by atoms with Gasteiger partial charge in [0, 0.05) is 19.1 Å². The van der Waals surface area contributed by atoms with Gasteiger partial charge in [0.25, 0.3) is 5.91 Å². The predicted molar refractivity (Wildman–Crippen MR) is 87.2 cm³/mol. The molecule has 2 fully saturated rings. The minimum atomic E-state index is -2.94. The summed E-state index contributed by atoms with van der Waals surface area (Å²) in [5.41, 5.74) is 0.299. The molecular weight excluding hydrogens is 316 g/mol. The first-order chi connectivity index (χ1) is 10.9. The van der Waals surface area contributed by atoms with Gasteiger partial charge in [-0.2, -0.15) is 0 Å². The highest BCUT2D eigenvalue weighted by atomic mass is 32.2. The number of carbonyl (C=O) groups excluding carboxylic acids is 1. The molecule has 1 saturated heterocycles. The van der Waals surface area contributed by atoms with Crippen LogP contribution in [0.3, 0.4) is 0 Å². The third kappa shape index (κ3) is 3.80. The number of hydrogen-bond acceptors (Lipinski definition) is 6. The number of sulfone groups is 1. The molecule has 8 heteroatoms. The van der Waals surface area contributed by atoms with Crippen LogP contribution in [0.15, 0.2) is 12.1 Å². The molecule has 3 rings (SSSR count). The van der Waals surface area contributed by atoms with E-state index >= 15 is 0 Å². The molecule has 0 aromatic carbocycles. The molecule has 1 N–H and O–H groups in total. The van der Waals surface area contributed by atoms with Gasteiger partial charge < -0.3 is 10.2 Å². The largest absolute Gasteiger partial charge is 0.354 e. The van der Waals surface area contributed by atoms with Crippen LogP contribution in [0.25, 0.3) is 0 Å². The molecule has 23 heavy (non-hydrogen) atoms. The number of hydrogen-bond donors (Lipinski definition) is 1. The van der Waals surface area contributed by atoms with Crippen molar-refractivity contribution in [2.45, 2.75) is 44.2 Å². The van der Waals surface area contributed by atoms with Crippen LogP contribution in [0.5, 0.6) is 0 Å². The highest BCUT2D eigenvalue weighted by Crippen LogP contribution is 2.21. The second-order valence-electron chi connectivity index (χ2n) is 6.40. The lowest BCUT2D eigenvalue weighted by molar-refractivity contribution is 0.0932. The van der Waals surface area contributed by atoms with Crippen molar-refractivity contribution < 1.29 is 13.2 Å². The number of anilines is 1. The first kappa shape index (κ1) is 16.2. The van der Waals surface area contributed by atoms with E-state index in [4.69, 9.17) is 0 Å². The number of rotatable bonds is 4. The van der Waals surface area contributed by atoms with E-state index in [0.29, 0.717) is 17.9 Å². The lowest BCUT2D eigenvalue weighted by Gasteiger charge is -2.23. The number of amides is 1. The molecule has 1 aliphatic carbocycles. The van der Waals surface area contributed by atoms with Crippen molar-refractivity contribution in [3.63, 3.8) is 0 Å². The Morgan fingerprint density at radius 3 is 2.52 bits per heavy atom. The van der Waals surface area contributed by atoms with Crippen LogP contribution in [0.2, 0.25) is 0 Å². The summed E-state index contributed by atoms with van der Waals surface area (Å²) in [6, 6.07) is 3.54. The van der Waals surface area contributed by atoms with Crippen molar-refractivity contribution in [3.8, 4) is 0 Å². The van der Waals surface area contributed by atoms with E-state index < -0.39 is 9.84 Å². The molecule has 0 radical (unpaired) electrons. The Morgan fingerprint density at radius 2 is 1.96 bits per heavy atom. The minimum absolute atomic E-state index is 0.0764. The molecule has 1 atom stereocenters. The molecule has 7 nitrogen and oxygen atoms in total. The van der Waals surface area contributed by atoms with Crippen LogP contribution in [0.4, 0.5) is 5.82 Å². The van der Waals surface area contributed by atoms with E-state index in [9.17, 15) is 13.2 Å². The zero-order chi connectivity index (χ0) is 16.4. The van der Waals surface area contributed by atoms with E-state index in [1.54, 1.807) is 12.1 Å². The van der Waals surface area contributed by atoms with Crippen LogP contribution in [-0.2, 0) is 9.84 Å². The Hall–Kier alpha value is -1.70. The van der Waals surface area contributed by atoms with Gasteiger partial charge in [-0.05, 0) is 31.4 Å². The SMILES string of the molecule is CN(c1ccc(C(=O)NC2CCCC2)nn1)C1CCS(=O)(=O)C1. The molecule has 2 aliphatic rings. The van der Waals surface area contributed by atoms with Gasteiger partial charge in [0.1, 0.15) is 0 Å². The Kier molecular flexibility index (Phi) is 4.52. The molecule has 0 spiro atoms. The van der Waals surface area contributed by atoms with Crippen LogP contribution >= 0.6 is 0 Å². The topological polar surface area (TPSA) is 92.3 Å². The zero-order valence-electron chi connectivity index (χ0n) is 13.2. The molecule has 1 aromatic heterocycles. The third-order valence-corrected chi connectivity index (χ3v) is 6.44. The summed E-state index contributed by atoms with van der Waals surface area (Å²) >= 11 is 0. The first-order valence-electron chi connectivity index (χ1n) is 8.02. The minimum Gasteiger partial charge on any atom is -0.354 e. The van der Waals surface area contributed by atoms with Gasteiger partial charge in [-0.3, -0.25) is 4.79 Å². The fourth-order valence-electron chi connectivity index (χ4n) is 3.23. The Morgan fingerprint density at radius 1 is 1.22 bits per heavy atom. The molecule has 1 amide bonds. The summed E-state index contributed by atoms with van der Waals surface area (Å²) in [4.78, 5) is 13.9. The molecule has 126 valence electrons. The lowest BCUT2D eigenvalue weighted by atomic mass is 10.2. The fourth-order valence-corrected chi connectivity index (χ4v) is 5.01. The fraction of sp³-hybridized carbons (Fsp3) is 0.667. The Bertz CT molecular complexity index is 668. The molecular formula is C15H22N4O3S. The van der Waals surface area contributed by atoms with Crippen LogP contribution < -0.4 is 10.2 Å². The molecule has 1 aliphatic heterocycles. The smallest absolute Gasteiger partial charge is 0.272 e. The van der Waals surface area contributed by atoms with Crippen molar-refractivity contribution in [1.29, 1.82) is 0 Å². The van der Waals surface area contributed by atoms with E-state index in [1.807, 2.05) is 11.9 Å². The maximum Gasteiger partial charge on any atom is 0.272 e. The van der Waals surface area contributed by atoms with Gasteiger partial charge >= 0.3 is 0 Å². The maximum absolute atomic E-state index is 12.1. The number of carbonyl (C=O) groups is 1. The van der Waals surface area contributed by atoms with Crippen molar-refractivity contribution in [2.24, 2.45) is 0 Å². The highest BCUT2D eigenvalue weighted by Gasteiger charge is 2.31. The average Bonchev–Trinajstić information content (AvgIpc) is 3.16. The monoisotopic (exact) mass is 338 g/mol. The van der Waals surface area contributed by atoms with Crippen molar-refractivity contribution in [2.75, 3.05) is 23.5 Å². The summed E-state index contributed by atoms with van der Waals surface area (Å²) in [5.74, 6) is 0.762. The maximum atomic E-state index is 12.1. The van der Waals surface area contributed by atoms with Gasteiger partial charge in [-0.25, -0.2) is 8.42 Å². The number of nitrogens with one attached hydrogen (secondary N) is 1. The zero-order valence-corrected chi connectivity index (χ0v) is 14.1. The van der Waals surface area contributed by atoms with E-state index in [0.717, 1.165) is 25.7 Å². The molecule has 1 unspecified atom stereocenters. The predicted octanol–water partition coefficient (Wildman–Crippen LogP) is 0.772. The van der Waals surface area contributed by atoms with Gasteiger partial charge in [-0.15, -0.1) is 10.2 Å². The van der Waals surface area contributed by atoms with Crippen LogP contribution in [0.1, 0.15) is 42.6 Å². The summed E-state index contributed by atoms with van der Waals surface area (Å²) in [5, 5.41) is 11.1. The van der Waals surface area contributed by atoms with Crippen molar-refractivity contribution in [1.82, 2.24) is 15.5 Å². The molecule has 1 aromatic rings. The summed E-state index contributed by atoms with van der Waals surface area (Å²) in [7, 11) is -1.12. The summed E-state index contributed by atoms with van der Waals surface area (Å²) in [6.07, 6.45) is 4.96. The quantitative estimate of drug-likeness (QED) is 0.872. The van der Waals surface area contributed by atoms with E-state index in [-0.39, 0.29) is 29.5 Å². The van der Waals surface area contributed by atoms with Crippen LogP contribution in [0, 0.1) is 0 Å².